The minimum atomic E-state index is 0.423. The molecule has 2 aromatic heterocycles. The Morgan fingerprint density at radius 3 is 2.86 bits per heavy atom. The summed E-state index contributed by atoms with van der Waals surface area (Å²) >= 11 is 1.61. The van der Waals surface area contributed by atoms with Crippen molar-refractivity contribution in [3.8, 4) is 27.9 Å². The normalized spacial score (nSPS) is 10.6. The van der Waals surface area contributed by atoms with Gasteiger partial charge in [-0.3, -0.25) is 4.98 Å². The van der Waals surface area contributed by atoms with Gasteiger partial charge in [0.15, 0.2) is 0 Å². The number of nitriles is 1. The molecule has 0 saturated carbocycles. The van der Waals surface area contributed by atoms with Crippen LogP contribution in [0.5, 0.6) is 0 Å². The van der Waals surface area contributed by atoms with Crippen LogP contribution in [0.15, 0.2) is 48.1 Å². The van der Waals surface area contributed by atoms with E-state index in [0.717, 1.165) is 21.8 Å². The molecule has 0 atom stereocenters. The topological polar surface area (TPSA) is 49.6 Å². The Morgan fingerprint density at radius 2 is 2.09 bits per heavy atom. The van der Waals surface area contributed by atoms with Crippen LogP contribution in [0.3, 0.4) is 0 Å². The van der Waals surface area contributed by atoms with Gasteiger partial charge in [0.25, 0.3) is 0 Å². The van der Waals surface area contributed by atoms with Crippen LogP contribution >= 0.6 is 11.3 Å². The molecule has 0 fully saturated rings. The summed E-state index contributed by atoms with van der Waals surface area (Å²) in [7, 11) is 0. The molecular weight excluding hydrogens is 290 g/mol. The highest BCUT2D eigenvalue weighted by Crippen LogP contribution is 2.33. The van der Waals surface area contributed by atoms with E-state index in [9.17, 15) is 0 Å². The molecule has 0 spiro atoms. The maximum absolute atomic E-state index is 9.01. The average Bonchev–Trinajstić information content (AvgIpc) is 3.05. The minimum absolute atomic E-state index is 0.423. The number of rotatable bonds is 3. The lowest BCUT2D eigenvalue weighted by atomic mass is 10.00. The highest BCUT2D eigenvalue weighted by molar-refractivity contribution is 7.13. The molecule has 0 N–H and O–H groups in total. The van der Waals surface area contributed by atoms with Gasteiger partial charge >= 0.3 is 0 Å². The minimum Gasteiger partial charge on any atom is -0.264 e. The average molecular weight is 305 g/mol. The highest BCUT2D eigenvalue weighted by atomic mass is 32.1. The van der Waals surface area contributed by atoms with Crippen molar-refractivity contribution in [1.82, 2.24) is 9.97 Å². The van der Waals surface area contributed by atoms with Crippen LogP contribution in [0.4, 0.5) is 0 Å². The first kappa shape index (κ1) is 14.4. The van der Waals surface area contributed by atoms with Crippen LogP contribution in [-0.4, -0.2) is 9.97 Å². The van der Waals surface area contributed by atoms with E-state index < -0.39 is 0 Å². The molecule has 0 unspecified atom stereocenters. The van der Waals surface area contributed by atoms with Gasteiger partial charge in [-0.2, -0.15) is 5.26 Å². The maximum atomic E-state index is 9.01. The van der Waals surface area contributed by atoms with Crippen LogP contribution in [0.1, 0.15) is 30.9 Å². The molecule has 2 heterocycles. The molecule has 4 heteroatoms. The number of pyridine rings is 1. The largest absolute Gasteiger partial charge is 0.264 e. The smallest absolute Gasteiger partial charge is 0.125 e. The Hall–Kier alpha value is -2.51. The molecule has 0 radical (unpaired) electrons. The molecule has 108 valence electrons. The van der Waals surface area contributed by atoms with E-state index in [1.54, 1.807) is 17.4 Å². The van der Waals surface area contributed by atoms with Gasteiger partial charge in [-0.15, -0.1) is 11.3 Å². The van der Waals surface area contributed by atoms with Gasteiger partial charge in [0.1, 0.15) is 5.01 Å². The maximum Gasteiger partial charge on any atom is 0.125 e. The predicted octanol–water partition coefficient (Wildman–Crippen LogP) is 4.87. The summed E-state index contributed by atoms with van der Waals surface area (Å²) < 4.78 is 0. The van der Waals surface area contributed by atoms with Gasteiger partial charge in [0.05, 0.1) is 17.3 Å². The van der Waals surface area contributed by atoms with Crippen molar-refractivity contribution in [2.75, 3.05) is 0 Å². The van der Waals surface area contributed by atoms with Gasteiger partial charge < -0.3 is 0 Å². The van der Waals surface area contributed by atoms with Gasteiger partial charge in [0, 0.05) is 28.9 Å². The molecule has 3 aromatic rings. The van der Waals surface area contributed by atoms with Gasteiger partial charge in [-0.1, -0.05) is 26.0 Å². The Morgan fingerprint density at radius 1 is 1.23 bits per heavy atom. The first-order chi connectivity index (χ1) is 10.7. The zero-order valence-electron chi connectivity index (χ0n) is 12.4. The second-order valence-electron chi connectivity index (χ2n) is 5.35. The number of hydrogen-bond acceptors (Lipinski definition) is 4. The molecule has 0 aliphatic heterocycles. The van der Waals surface area contributed by atoms with Gasteiger partial charge in [-0.25, -0.2) is 4.98 Å². The number of thiazole rings is 1. The monoisotopic (exact) mass is 305 g/mol. The van der Waals surface area contributed by atoms with E-state index in [1.165, 1.54) is 5.56 Å². The van der Waals surface area contributed by atoms with Crippen LogP contribution < -0.4 is 0 Å². The molecule has 3 rings (SSSR count). The van der Waals surface area contributed by atoms with Gasteiger partial charge in [-0.05, 0) is 29.7 Å². The van der Waals surface area contributed by atoms with Gasteiger partial charge in [0.2, 0.25) is 0 Å². The van der Waals surface area contributed by atoms with Crippen molar-refractivity contribution >= 4 is 11.3 Å². The van der Waals surface area contributed by atoms with Crippen molar-refractivity contribution < 1.29 is 0 Å². The zero-order chi connectivity index (χ0) is 15.5. The molecule has 22 heavy (non-hydrogen) atoms. The summed E-state index contributed by atoms with van der Waals surface area (Å²) in [4.78, 5) is 8.98. The summed E-state index contributed by atoms with van der Waals surface area (Å²) in [6.45, 7) is 4.34. The Bertz CT molecular complexity index is 843. The van der Waals surface area contributed by atoms with Crippen molar-refractivity contribution in [2.24, 2.45) is 0 Å². The fraction of sp³-hybridized carbons (Fsp3) is 0.167. The quantitative estimate of drug-likeness (QED) is 0.693. The van der Waals surface area contributed by atoms with E-state index in [2.05, 4.69) is 31.0 Å². The molecule has 3 nitrogen and oxygen atoms in total. The highest BCUT2D eigenvalue weighted by Gasteiger charge is 2.13. The van der Waals surface area contributed by atoms with Crippen molar-refractivity contribution in [2.45, 2.75) is 19.8 Å². The third-order valence-corrected chi connectivity index (χ3v) is 4.37. The molecule has 0 bridgehead atoms. The third-order valence-electron chi connectivity index (χ3n) is 3.50. The van der Waals surface area contributed by atoms with Crippen LogP contribution in [0.25, 0.3) is 21.8 Å². The second-order valence-corrected chi connectivity index (χ2v) is 6.21. The molecule has 0 aliphatic carbocycles. The van der Waals surface area contributed by atoms with Crippen LogP contribution in [-0.2, 0) is 0 Å². The number of benzene rings is 1. The molecule has 0 amide bonds. The SMILES string of the molecule is CC(C)c1ccncc1-c1nc(-c2cccc(C#N)c2)cs1. The number of hydrogen-bond donors (Lipinski definition) is 0. The predicted molar refractivity (Wildman–Crippen MR) is 89.6 cm³/mol. The Labute approximate surface area is 133 Å². The summed E-state index contributed by atoms with van der Waals surface area (Å²) in [5, 5.41) is 12.0. The lowest BCUT2D eigenvalue weighted by Gasteiger charge is -2.09. The number of aromatic nitrogens is 2. The third kappa shape index (κ3) is 2.76. The standard InChI is InChI=1S/C18H15N3S/c1-12(2)15-6-7-20-10-16(15)18-21-17(11-22-18)14-5-3-4-13(8-14)9-19/h3-8,10-12H,1-2H3. The van der Waals surface area contributed by atoms with Crippen LogP contribution in [0.2, 0.25) is 0 Å². The fourth-order valence-electron chi connectivity index (χ4n) is 2.37. The first-order valence-electron chi connectivity index (χ1n) is 7.09. The first-order valence-corrected chi connectivity index (χ1v) is 7.97. The van der Waals surface area contributed by atoms with Crippen molar-refractivity contribution in [1.29, 1.82) is 5.26 Å². The van der Waals surface area contributed by atoms with Crippen molar-refractivity contribution in [3.05, 3.63) is 59.2 Å². The molecule has 0 aliphatic rings. The molecular formula is C18H15N3S. The van der Waals surface area contributed by atoms with Crippen molar-refractivity contribution in [3.63, 3.8) is 0 Å². The summed E-state index contributed by atoms with van der Waals surface area (Å²) in [6, 6.07) is 11.7. The van der Waals surface area contributed by atoms with E-state index >= 15 is 0 Å². The fourth-order valence-corrected chi connectivity index (χ4v) is 3.23. The van der Waals surface area contributed by atoms with Crippen LogP contribution in [0, 0.1) is 11.3 Å². The number of nitrogens with zero attached hydrogens (tertiary/aromatic N) is 3. The molecule has 1 aromatic carbocycles. The summed E-state index contributed by atoms with van der Waals surface area (Å²) in [5.41, 5.74) is 4.86. The molecule has 0 saturated heterocycles. The van der Waals surface area contributed by atoms with E-state index in [4.69, 9.17) is 10.2 Å². The Kier molecular flexibility index (Phi) is 3.99. The zero-order valence-corrected chi connectivity index (χ0v) is 13.3. The summed E-state index contributed by atoms with van der Waals surface area (Å²) in [5.74, 6) is 0.423. The van der Waals surface area contributed by atoms with E-state index in [0.29, 0.717) is 11.5 Å². The Balaban J connectivity index is 2.03. The van der Waals surface area contributed by atoms with E-state index in [1.807, 2.05) is 36.0 Å². The lowest BCUT2D eigenvalue weighted by Crippen LogP contribution is -1.93. The summed E-state index contributed by atoms with van der Waals surface area (Å²) in [6.07, 6.45) is 3.70. The lowest BCUT2D eigenvalue weighted by molar-refractivity contribution is 0.865. The second kappa shape index (κ2) is 6.08. The van der Waals surface area contributed by atoms with E-state index in [-0.39, 0.29) is 0 Å².